The van der Waals surface area contributed by atoms with Crippen molar-refractivity contribution in [2.75, 3.05) is 26.9 Å². The molecule has 3 aromatic rings. The Kier molecular flexibility index (Phi) is 7.51. The lowest BCUT2D eigenvalue weighted by Crippen LogP contribution is -2.03. The van der Waals surface area contributed by atoms with E-state index in [-0.39, 0.29) is 0 Å². The molecule has 0 bridgehead atoms. The fourth-order valence-electron chi connectivity index (χ4n) is 2.92. The van der Waals surface area contributed by atoms with Gasteiger partial charge in [0.2, 0.25) is 0 Å². The van der Waals surface area contributed by atoms with Gasteiger partial charge < -0.3 is 14.2 Å². The van der Waals surface area contributed by atoms with Crippen molar-refractivity contribution in [3.63, 3.8) is 0 Å². The highest BCUT2D eigenvalue weighted by Gasteiger charge is 2.02. The van der Waals surface area contributed by atoms with Crippen LogP contribution in [0.1, 0.15) is 19.8 Å². The number of benzene rings is 3. The smallest absolute Gasteiger partial charge is 0.119 e. The Hall–Kier alpha value is -2.78. The first-order valence-electron chi connectivity index (χ1n) is 9.85. The van der Waals surface area contributed by atoms with Crippen molar-refractivity contribution in [3.8, 4) is 33.8 Å². The van der Waals surface area contributed by atoms with Crippen molar-refractivity contribution in [1.82, 2.24) is 0 Å². The summed E-state index contributed by atoms with van der Waals surface area (Å²) in [4.78, 5) is 0. The third-order valence-corrected chi connectivity index (χ3v) is 4.58. The Bertz CT molecular complexity index is 749. The second-order valence-corrected chi connectivity index (χ2v) is 6.67. The van der Waals surface area contributed by atoms with Crippen LogP contribution in [0.3, 0.4) is 0 Å². The summed E-state index contributed by atoms with van der Waals surface area (Å²) in [5.41, 5.74) is 4.75. The van der Waals surface area contributed by atoms with Crippen molar-refractivity contribution >= 4 is 0 Å². The predicted molar refractivity (Wildman–Crippen MR) is 115 cm³/mol. The molecule has 0 spiro atoms. The molecule has 0 saturated heterocycles. The number of unbranched alkanes of at least 4 members (excludes halogenated alkanes) is 1. The second-order valence-electron chi connectivity index (χ2n) is 6.67. The fraction of sp³-hybridized carbons (Fsp3) is 0.280. The molecule has 0 saturated carbocycles. The van der Waals surface area contributed by atoms with Crippen LogP contribution in [-0.4, -0.2) is 26.9 Å². The zero-order valence-electron chi connectivity index (χ0n) is 16.7. The average Bonchev–Trinajstić information content (AvgIpc) is 2.75. The normalized spacial score (nSPS) is 10.6. The minimum atomic E-state index is 0.562. The van der Waals surface area contributed by atoms with Crippen LogP contribution in [0.25, 0.3) is 22.3 Å². The van der Waals surface area contributed by atoms with Gasteiger partial charge in [0, 0.05) is 7.11 Å². The van der Waals surface area contributed by atoms with E-state index in [0.717, 1.165) is 30.9 Å². The zero-order valence-corrected chi connectivity index (χ0v) is 16.7. The minimum Gasteiger partial charge on any atom is -0.494 e. The third-order valence-electron chi connectivity index (χ3n) is 4.58. The maximum atomic E-state index is 5.74. The fourth-order valence-corrected chi connectivity index (χ4v) is 2.92. The van der Waals surface area contributed by atoms with Gasteiger partial charge in [-0.15, -0.1) is 0 Å². The molecule has 28 heavy (non-hydrogen) atoms. The molecule has 0 atom stereocenters. The topological polar surface area (TPSA) is 27.7 Å². The Labute approximate surface area is 167 Å². The molecular weight excluding hydrogens is 348 g/mol. The first-order valence-corrected chi connectivity index (χ1v) is 9.85. The van der Waals surface area contributed by atoms with E-state index in [1.54, 1.807) is 7.11 Å². The van der Waals surface area contributed by atoms with Gasteiger partial charge in [0.25, 0.3) is 0 Å². The molecule has 0 amide bonds. The number of hydrogen-bond acceptors (Lipinski definition) is 3. The van der Waals surface area contributed by atoms with Crippen LogP contribution in [0.4, 0.5) is 0 Å². The number of methoxy groups -OCH3 is 1. The molecule has 0 aliphatic heterocycles. The van der Waals surface area contributed by atoms with Gasteiger partial charge in [0.1, 0.15) is 18.1 Å². The lowest BCUT2D eigenvalue weighted by molar-refractivity contribution is 0.146. The number of ether oxygens (including phenoxy) is 3. The van der Waals surface area contributed by atoms with E-state index in [0.29, 0.717) is 13.2 Å². The highest BCUT2D eigenvalue weighted by Crippen LogP contribution is 2.27. The lowest BCUT2D eigenvalue weighted by Gasteiger charge is -2.09. The molecule has 0 aliphatic rings. The molecule has 3 heteroatoms. The van der Waals surface area contributed by atoms with Gasteiger partial charge in [-0.05, 0) is 52.9 Å². The zero-order chi connectivity index (χ0) is 19.6. The van der Waals surface area contributed by atoms with Crippen LogP contribution < -0.4 is 9.47 Å². The molecular formula is C25H28O3. The van der Waals surface area contributed by atoms with Crippen molar-refractivity contribution < 1.29 is 14.2 Å². The average molecular weight is 376 g/mol. The van der Waals surface area contributed by atoms with Gasteiger partial charge in [-0.25, -0.2) is 0 Å². The summed E-state index contributed by atoms with van der Waals surface area (Å²) in [5.74, 6) is 1.79. The first-order chi connectivity index (χ1) is 13.8. The predicted octanol–water partition coefficient (Wildman–Crippen LogP) is 6.22. The quantitative estimate of drug-likeness (QED) is 0.393. The van der Waals surface area contributed by atoms with E-state index in [1.165, 1.54) is 22.3 Å². The molecule has 3 rings (SSSR count). The molecule has 0 unspecified atom stereocenters. The second kappa shape index (κ2) is 10.5. The number of rotatable bonds is 10. The van der Waals surface area contributed by atoms with Gasteiger partial charge in [0.15, 0.2) is 0 Å². The van der Waals surface area contributed by atoms with Gasteiger partial charge in [-0.3, -0.25) is 0 Å². The minimum absolute atomic E-state index is 0.562. The highest BCUT2D eigenvalue weighted by molar-refractivity contribution is 5.71. The summed E-state index contributed by atoms with van der Waals surface area (Å²) < 4.78 is 16.4. The summed E-state index contributed by atoms with van der Waals surface area (Å²) >= 11 is 0. The summed E-state index contributed by atoms with van der Waals surface area (Å²) in [6, 6.07) is 25.1. The summed E-state index contributed by atoms with van der Waals surface area (Å²) in [7, 11) is 1.67. The molecule has 0 aliphatic carbocycles. The van der Waals surface area contributed by atoms with E-state index in [1.807, 2.05) is 24.3 Å². The lowest BCUT2D eigenvalue weighted by atomic mass is 10.0. The van der Waals surface area contributed by atoms with Gasteiger partial charge in [0.05, 0.1) is 13.2 Å². The van der Waals surface area contributed by atoms with Crippen molar-refractivity contribution in [2.45, 2.75) is 19.8 Å². The summed E-state index contributed by atoms with van der Waals surface area (Å²) in [5, 5.41) is 0. The molecule has 0 heterocycles. The molecule has 0 N–H and O–H groups in total. The van der Waals surface area contributed by atoms with Gasteiger partial charge in [-0.1, -0.05) is 61.9 Å². The van der Waals surface area contributed by atoms with E-state index in [2.05, 4.69) is 55.5 Å². The molecule has 3 aromatic carbocycles. The van der Waals surface area contributed by atoms with E-state index in [4.69, 9.17) is 14.2 Å². The molecule has 0 aromatic heterocycles. The van der Waals surface area contributed by atoms with Crippen LogP contribution in [0.15, 0.2) is 72.8 Å². The monoisotopic (exact) mass is 376 g/mol. The maximum Gasteiger partial charge on any atom is 0.119 e. The number of hydrogen-bond donors (Lipinski definition) is 0. The van der Waals surface area contributed by atoms with Crippen molar-refractivity contribution in [1.29, 1.82) is 0 Å². The Morgan fingerprint density at radius 2 is 0.929 bits per heavy atom. The largest absolute Gasteiger partial charge is 0.494 e. The van der Waals surface area contributed by atoms with Crippen molar-refractivity contribution in [3.05, 3.63) is 72.8 Å². The third kappa shape index (κ3) is 5.61. The Balaban J connectivity index is 1.63. The molecule has 0 radical (unpaired) electrons. The molecule has 146 valence electrons. The van der Waals surface area contributed by atoms with Crippen LogP contribution >= 0.6 is 0 Å². The van der Waals surface area contributed by atoms with Gasteiger partial charge >= 0.3 is 0 Å². The van der Waals surface area contributed by atoms with E-state index < -0.39 is 0 Å². The Morgan fingerprint density at radius 1 is 0.536 bits per heavy atom. The molecule has 3 nitrogen and oxygen atoms in total. The first kappa shape index (κ1) is 20.0. The van der Waals surface area contributed by atoms with Crippen LogP contribution in [-0.2, 0) is 4.74 Å². The van der Waals surface area contributed by atoms with Crippen LogP contribution in [0.5, 0.6) is 11.5 Å². The van der Waals surface area contributed by atoms with Crippen molar-refractivity contribution in [2.24, 2.45) is 0 Å². The SMILES string of the molecule is CCCCOc1ccc(-c2ccc(-c3ccc(OCCOC)cc3)cc2)cc1. The van der Waals surface area contributed by atoms with Crippen LogP contribution in [0.2, 0.25) is 0 Å². The maximum absolute atomic E-state index is 5.74. The van der Waals surface area contributed by atoms with Crippen LogP contribution in [0, 0.1) is 0 Å². The molecule has 0 fully saturated rings. The standard InChI is InChI=1S/C25H28O3/c1-3-4-17-27-24-13-9-22(10-14-24)20-5-7-21(8-6-20)23-11-15-25(16-12-23)28-19-18-26-2/h5-16H,3-4,17-19H2,1-2H3. The Morgan fingerprint density at radius 3 is 1.32 bits per heavy atom. The summed E-state index contributed by atoms with van der Waals surface area (Å²) in [6.07, 6.45) is 2.23. The highest BCUT2D eigenvalue weighted by atomic mass is 16.5. The van der Waals surface area contributed by atoms with E-state index in [9.17, 15) is 0 Å². The summed E-state index contributed by atoms with van der Waals surface area (Å²) in [6.45, 7) is 4.10. The van der Waals surface area contributed by atoms with E-state index >= 15 is 0 Å². The van der Waals surface area contributed by atoms with Gasteiger partial charge in [-0.2, -0.15) is 0 Å².